The van der Waals surface area contributed by atoms with Crippen LogP contribution in [0.2, 0.25) is 0 Å². The van der Waals surface area contributed by atoms with Crippen LogP contribution in [-0.2, 0) is 9.53 Å². The lowest BCUT2D eigenvalue weighted by Crippen LogP contribution is -2.01. The van der Waals surface area contributed by atoms with Crippen LogP contribution in [-0.4, -0.2) is 19.7 Å². The summed E-state index contributed by atoms with van der Waals surface area (Å²) >= 11 is 0. The molecule has 0 bridgehead atoms. The molecule has 0 fully saturated rings. The van der Waals surface area contributed by atoms with E-state index in [0.717, 1.165) is 16.9 Å². The van der Waals surface area contributed by atoms with Gasteiger partial charge in [0, 0.05) is 5.56 Å². The molecule has 0 amide bonds. The van der Waals surface area contributed by atoms with E-state index in [9.17, 15) is 4.79 Å². The predicted octanol–water partition coefficient (Wildman–Crippen LogP) is 2.97. The summed E-state index contributed by atoms with van der Waals surface area (Å²) in [6.07, 6.45) is 3.94. The number of hydrogen-bond acceptors (Lipinski definition) is 3. The molecule has 0 N–H and O–H groups in total. The van der Waals surface area contributed by atoms with E-state index in [1.54, 1.807) is 20.1 Å². The summed E-state index contributed by atoms with van der Waals surface area (Å²) in [6, 6.07) is 5.94. The fraction of sp³-hybridized carbons (Fsp3) is 0.357. The molecule has 3 heteroatoms. The average Bonchev–Trinajstić information content (AvgIpc) is 2.31. The highest BCUT2D eigenvalue weighted by molar-refractivity contribution is 5.73. The van der Waals surface area contributed by atoms with Gasteiger partial charge in [0.15, 0.2) is 0 Å². The Hall–Kier alpha value is -1.77. The van der Waals surface area contributed by atoms with Gasteiger partial charge in [-0.25, -0.2) is 0 Å². The molecular formula is C14H18O3. The summed E-state index contributed by atoms with van der Waals surface area (Å²) in [7, 11) is 1.64. The predicted molar refractivity (Wildman–Crippen MR) is 68.0 cm³/mol. The maximum Gasteiger partial charge on any atom is 0.309 e. The van der Waals surface area contributed by atoms with Gasteiger partial charge in [-0.05, 0) is 25.5 Å². The first-order chi connectivity index (χ1) is 8.17. The van der Waals surface area contributed by atoms with Crippen LogP contribution < -0.4 is 4.74 Å². The smallest absolute Gasteiger partial charge is 0.309 e. The van der Waals surface area contributed by atoms with E-state index < -0.39 is 0 Å². The van der Waals surface area contributed by atoms with Gasteiger partial charge < -0.3 is 9.47 Å². The van der Waals surface area contributed by atoms with Crippen LogP contribution in [0.3, 0.4) is 0 Å². The molecule has 1 rings (SSSR count). The number of carbonyl (C=O) groups excluding carboxylic acids is 1. The fourth-order valence-electron chi connectivity index (χ4n) is 1.46. The number of carbonyl (C=O) groups is 1. The Morgan fingerprint density at radius 1 is 1.41 bits per heavy atom. The van der Waals surface area contributed by atoms with E-state index in [1.165, 1.54) is 0 Å². The van der Waals surface area contributed by atoms with Crippen molar-refractivity contribution in [2.24, 2.45) is 0 Å². The van der Waals surface area contributed by atoms with Crippen molar-refractivity contribution in [1.82, 2.24) is 0 Å². The summed E-state index contributed by atoms with van der Waals surface area (Å²) in [5.74, 6) is 0.597. The number of methoxy groups -OCH3 is 1. The zero-order valence-corrected chi connectivity index (χ0v) is 10.5. The van der Waals surface area contributed by atoms with Gasteiger partial charge >= 0.3 is 5.97 Å². The molecule has 1 aromatic rings. The molecule has 0 radical (unpaired) electrons. The van der Waals surface area contributed by atoms with Crippen molar-refractivity contribution in [2.45, 2.75) is 20.3 Å². The first-order valence-corrected chi connectivity index (χ1v) is 5.64. The lowest BCUT2D eigenvalue weighted by Gasteiger charge is -2.05. The lowest BCUT2D eigenvalue weighted by atomic mass is 10.1. The van der Waals surface area contributed by atoms with Crippen molar-refractivity contribution in [2.75, 3.05) is 13.7 Å². The first-order valence-electron chi connectivity index (χ1n) is 5.64. The standard InChI is InChI=1S/C14H18O3/c1-4-17-14(15)7-5-6-12-9-8-11(2)10-13(12)16-3/h5-6,8-10H,4,7H2,1-3H3. The van der Waals surface area contributed by atoms with Gasteiger partial charge in [0.2, 0.25) is 0 Å². The van der Waals surface area contributed by atoms with Crippen LogP contribution in [0, 0.1) is 6.92 Å². The van der Waals surface area contributed by atoms with E-state index in [2.05, 4.69) is 0 Å². The minimum Gasteiger partial charge on any atom is -0.496 e. The molecule has 17 heavy (non-hydrogen) atoms. The number of ether oxygens (including phenoxy) is 2. The monoisotopic (exact) mass is 234 g/mol. The maximum absolute atomic E-state index is 11.1. The van der Waals surface area contributed by atoms with Crippen LogP contribution in [0.5, 0.6) is 5.75 Å². The summed E-state index contributed by atoms with van der Waals surface area (Å²) in [5, 5.41) is 0. The summed E-state index contributed by atoms with van der Waals surface area (Å²) in [4.78, 5) is 11.1. The molecule has 92 valence electrons. The topological polar surface area (TPSA) is 35.5 Å². The van der Waals surface area contributed by atoms with Gasteiger partial charge in [-0.3, -0.25) is 4.79 Å². The molecule has 0 atom stereocenters. The highest BCUT2D eigenvalue weighted by atomic mass is 16.5. The third kappa shape index (κ3) is 4.31. The van der Waals surface area contributed by atoms with Gasteiger partial charge in [0.05, 0.1) is 20.1 Å². The van der Waals surface area contributed by atoms with Gasteiger partial charge in [0.1, 0.15) is 5.75 Å². The quantitative estimate of drug-likeness (QED) is 0.735. The van der Waals surface area contributed by atoms with Crippen molar-refractivity contribution in [3.63, 3.8) is 0 Å². The molecule has 3 nitrogen and oxygen atoms in total. The molecule has 0 aromatic heterocycles. The number of rotatable bonds is 5. The van der Waals surface area contributed by atoms with Gasteiger partial charge in [0.25, 0.3) is 0 Å². The van der Waals surface area contributed by atoms with Gasteiger partial charge in [-0.1, -0.05) is 24.3 Å². The highest BCUT2D eigenvalue weighted by Crippen LogP contribution is 2.21. The SMILES string of the molecule is CCOC(=O)CC=Cc1ccc(C)cc1OC. The Morgan fingerprint density at radius 2 is 2.18 bits per heavy atom. The average molecular weight is 234 g/mol. The second-order valence-electron chi connectivity index (χ2n) is 3.66. The van der Waals surface area contributed by atoms with Crippen LogP contribution in [0.25, 0.3) is 6.08 Å². The van der Waals surface area contributed by atoms with E-state index >= 15 is 0 Å². The van der Waals surface area contributed by atoms with E-state index in [-0.39, 0.29) is 12.4 Å². The summed E-state index contributed by atoms with van der Waals surface area (Å²) in [5.41, 5.74) is 2.10. The van der Waals surface area contributed by atoms with E-state index in [4.69, 9.17) is 9.47 Å². The molecular weight excluding hydrogens is 216 g/mol. The Kier molecular flexibility index (Phi) is 5.27. The molecule has 0 heterocycles. The molecule has 0 aliphatic heterocycles. The van der Waals surface area contributed by atoms with Gasteiger partial charge in [-0.15, -0.1) is 0 Å². The van der Waals surface area contributed by atoms with Gasteiger partial charge in [-0.2, -0.15) is 0 Å². The maximum atomic E-state index is 11.1. The van der Waals surface area contributed by atoms with Crippen molar-refractivity contribution in [1.29, 1.82) is 0 Å². The normalized spacial score (nSPS) is 10.5. The highest BCUT2D eigenvalue weighted by Gasteiger charge is 2.00. The number of hydrogen-bond donors (Lipinski definition) is 0. The Morgan fingerprint density at radius 3 is 2.82 bits per heavy atom. The van der Waals surface area contributed by atoms with E-state index in [1.807, 2.05) is 31.2 Å². The van der Waals surface area contributed by atoms with Crippen molar-refractivity contribution in [3.05, 3.63) is 35.4 Å². The fourth-order valence-corrected chi connectivity index (χ4v) is 1.46. The van der Waals surface area contributed by atoms with Crippen LogP contribution in [0.1, 0.15) is 24.5 Å². The molecule has 0 unspecified atom stereocenters. The first kappa shape index (κ1) is 13.3. The lowest BCUT2D eigenvalue weighted by molar-refractivity contribution is -0.142. The molecule has 1 aromatic carbocycles. The van der Waals surface area contributed by atoms with Crippen molar-refractivity contribution in [3.8, 4) is 5.75 Å². The minimum atomic E-state index is -0.213. The number of esters is 1. The third-order valence-corrected chi connectivity index (χ3v) is 2.28. The molecule has 0 aliphatic rings. The molecule has 0 spiro atoms. The van der Waals surface area contributed by atoms with Crippen molar-refractivity contribution >= 4 is 12.0 Å². The van der Waals surface area contributed by atoms with Crippen molar-refractivity contribution < 1.29 is 14.3 Å². The van der Waals surface area contributed by atoms with Crippen LogP contribution in [0.4, 0.5) is 0 Å². The Labute approximate surface area is 102 Å². The second-order valence-corrected chi connectivity index (χ2v) is 3.66. The van der Waals surface area contributed by atoms with Crippen LogP contribution in [0.15, 0.2) is 24.3 Å². The summed E-state index contributed by atoms with van der Waals surface area (Å²) in [6.45, 7) is 4.22. The number of benzene rings is 1. The number of aryl methyl sites for hydroxylation is 1. The second kappa shape index (κ2) is 6.74. The summed E-state index contributed by atoms with van der Waals surface area (Å²) < 4.78 is 10.1. The Bertz CT molecular complexity index is 408. The third-order valence-electron chi connectivity index (χ3n) is 2.28. The van der Waals surface area contributed by atoms with Crippen LogP contribution >= 0.6 is 0 Å². The molecule has 0 saturated heterocycles. The molecule has 0 saturated carbocycles. The zero-order chi connectivity index (χ0) is 12.7. The zero-order valence-electron chi connectivity index (χ0n) is 10.5. The largest absolute Gasteiger partial charge is 0.496 e. The Balaban J connectivity index is 2.67. The van der Waals surface area contributed by atoms with E-state index in [0.29, 0.717) is 6.61 Å². The molecule has 0 aliphatic carbocycles. The minimum absolute atomic E-state index is 0.213.